The zero-order valence-electron chi connectivity index (χ0n) is 19.9. The van der Waals surface area contributed by atoms with Gasteiger partial charge in [-0.1, -0.05) is 42.5 Å². The fraction of sp³-hybridized carbons (Fsp3) is 0.407. The van der Waals surface area contributed by atoms with Crippen LogP contribution in [-0.4, -0.2) is 71.5 Å². The van der Waals surface area contributed by atoms with E-state index >= 15 is 0 Å². The molecule has 36 heavy (non-hydrogen) atoms. The first kappa shape index (κ1) is 26.6. The number of hydrogen-bond acceptors (Lipinski definition) is 6. The number of carbonyl (C=O) groups is 2. The van der Waals surface area contributed by atoms with E-state index in [1.165, 1.54) is 0 Å². The number of aliphatic hydroxyl groups excluding tert-OH is 2. The van der Waals surface area contributed by atoms with Gasteiger partial charge < -0.3 is 29.9 Å². The molecule has 2 aromatic carbocycles. The molecule has 0 radical (unpaired) electrons. The second kappa shape index (κ2) is 12.7. The lowest BCUT2D eigenvalue weighted by molar-refractivity contribution is -0.143. The maximum Gasteiger partial charge on any atom is 0.247 e. The Morgan fingerprint density at radius 2 is 1.89 bits per heavy atom. The Labute approximate surface area is 224 Å². The molecule has 2 aromatic rings. The zero-order chi connectivity index (χ0) is 25.5. The maximum atomic E-state index is 13.7. The highest BCUT2D eigenvalue weighted by Crippen LogP contribution is 2.31. The molecular formula is C27H31IN2O6. The number of aliphatic hydroxyl groups is 2. The van der Waals surface area contributed by atoms with Gasteiger partial charge >= 0.3 is 0 Å². The molecule has 1 saturated heterocycles. The third-order valence-electron chi connectivity index (χ3n) is 6.47. The van der Waals surface area contributed by atoms with Gasteiger partial charge in [0.1, 0.15) is 18.0 Å². The lowest BCUT2D eigenvalue weighted by Gasteiger charge is -2.41. The molecular weight excluding hydrogens is 575 g/mol. The summed E-state index contributed by atoms with van der Waals surface area (Å²) in [5, 5.41) is 23.4. The molecule has 1 unspecified atom stereocenters. The number of nitrogens with zero attached hydrogens (tertiary/aromatic N) is 1. The van der Waals surface area contributed by atoms with Gasteiger partial charge in [-0.3, -0.25) is 9.59 Å². The van der Waals surface area contributed by atoms with Crippen molar-refractivity contribution >= 4 is 34.4 Å². The third kappa shape index (κ3) is 6.44. The van der Waals surface area contributed by atoms with Crippen LogP contribution < -0.4 is 10.1 Å². The molecule has 1 heterocycles. The summed E-state index contributed by atoms with van der Waals surface area (Å²) in [4.78, 5) is 28.3. The van der Waals surface area contributed by atoms with Crippen LogP contribution in [0.25, 0.3) is 0 Å². The lowest BCUT2D eigenvalue weighted by atomic mass is 9.87. The van der Waals surface area contributed by atoms with Crippen molar-refractivity contribution < 1.29 is 29.3 Å². The predicted octanol–water partition coefficient (Wildman–Crippen LogP) is 2.27. The first-order valence-electron chi connectivity index (χ1n) is 12.1. The van der Waals surface area contributed by atoms with E-state index in [-0.39, 0.29) is 37.3 Å². The van der Waals surface area contributed by atoms with E-state index in [0.29, 0.717) is 37.5 Å². The molecule has 8 nitrogen and oxygen atoms in total. The Kier molecular flexibility index (Phi) is 9.35. The highest BCUT2D eigenvalue weighted by Gasteiger charge is 2.42. The first-order valence-corrected chi connectivity index (χ1v) is 13.2. The summed E-state index contributed by atoms with van der Waals surface area (Å²) in [5.74, 6) is -0.175. The number of nitrogens with one attached hydrogen (secondary N) is 1. The summed E-state index contributed by atoms with van der Waals surface area (Å²) in [7, 11) is 0. The van der Waals surface area contributed by atoms with Crippen LogP contribution >= 0.6 is 22.6 Å². The minimum Gasteiger partial charge on any atom is -0.482 e. The van der Waals surface area contributed by atoms with Crippen molar-refractivity contribution in [1.29, 1.82) is 0 Å². The minimum atomic E-state index is -1.06. The van der Waals surface area contributed by atoms with E-state index in [9.17, 15) is 14.7 Å². The topological polar surface area (TPSA) is 108 Å². The van der Waals surface area contributed by atoms with Crippen molar-refractivity contribution in [3.05, 3.63) is 75.4 Å². The number of amides is 2. The van der Waals surface area contributed by atoms with E-state index in [4.69, 9.17) is 14.6 Å². The van der Waals surface area contributed by atoms with Crippen LogP contribution in [0.2, 0.25) is 0 Å². The van der Waals surface area contributed by atoms with E-state index in [1.54, 1.807) is 17.0 Å². The second-order valence-corrected chi connectivity index (χ2v) is 10.1. The number of rotatable bonds is 9. The van der Waals surface area contributed by atoms with E-state index in [1.807, 2.05) is 48.5 Å². The van der Waals surface area contributed by atoms with Gasteiger partial charge in [0.05, 0.1) is 28.7 Å². The largest absolute Gasteiger partial charge is 0.482 e. The standard InChI is InChI=1S/C27H31IN2O6/c28-21-8-4-5-9-23(21)36-24-15-20(26(33)29-11-12-31)14-22(25(24)32)30(16-18-6-2-1-3-7-18)27(34)19-10-13-35-17-19/h1-9,15,19,22,24-25,31-32H,10-14,16-17H2,(H,29,33)/t19?,22-,24+,25+/m1/s1. The van der Waals surface area contributed by atoms with Gasteiger partial charge in [-0.25, -0.2) is 0 Å². The van der Waals surface area contributed by atoms with E-state index in [2.05, 4.69) is 27.9 Å². The van der Waals surface area contributed by atoms with Crippen molar-refractivity contribution in [2.45, 2.75) is 37.6 Å². The number of benzene rings is 2. The van der Waals surface area contributed by atoms with Crippen molar-refractivity contribution in [1.82, 2.24) is 10.2 Å². The molecule has 2 amide bonds. The average molecular weight is 606 g/mol. The fourth-order valence-electron chi connectivity index (χ4n) is 4.57. The van der Waals surface area contributed by atoms with Crippen LogP contribution in [0.15, 0.2) is 66.2 Å². The van der Waals surface area contributed by atoms with E-state index in [0.717, 1.165) is 9.13 Å². The predicted molar refractivity (Wildman–Crippen MR) is 142 cm³/mol. The highest BCUT2D eigenvalue weighted by molar-refractivity contribution is 14.1. The summed E-state index contributed by atoms with van der Waals surface area (Å²) in [5.41, 5.74) is 1.33. The van der Waals surface area contributed by atoms with Gasteiger partial charge in [0, 0.05) is 31.7 Å². The summed E-state index contributed by atoms with van der Waals surface area (Å²) in [6, 6.07) is 16.3. The van der Waals surface area contributed by atoms with Crippen molar-refractivity contribution in [2.24, 2.45) is 5.92 Å². The number of carbonyl (C=O) groups excluding carboxylic acids is 2. The maximum absolute atomic E-state index is 13.7. The molecule has 192 valence electrons. The quantitative estimate of drug-likeness (QED) is 0.379. The molecule has 0 aromatic heterocycles. The summed E-state index contributed by atoms with van der Waals surface area (Å²) in [6.07, 6.45) is 0.497. The number of ether oxygens (including phenoxy) is 2. The van der Waals surface area contributed by atoms with Crippen molar-refractivity contribution in [2.75, 3.05) is 26.4 Å². The van der Waals surface area contributed by atoms with Crippen LogP contribution in [0.1, 0.15) is 18.4 Å². The first-order chi connectivity index (χ1) is 17.5. The third-order valence-corrected chi connectivity index (χ3v) is 7.36. The van der Waals surface area contributed by atoms with Crippen LogP contribution in [0, 0.1) is 9.49 Å². The lowest BCUT2D eigenvalue weighted by Crippen LogP contribution is -2.56. The fourth-order valence-corrected chi connectivity index (χ4v) is 5.08. The molecule has 9 heteroatoms. The van der Waals surface area contributed by atoms with Gasteiger partial charge in [0.15, 0.2) is 0 Å². The number of halogens is 1. The molecule has 1 fully saturated rings. The molecule has 1 aliphatic heterocycles. The SMILES string of the molecule is O=C(NCCO)C1=C[C@H](Oc2ccccc2I)[C@@H](O)[C@H](N(Cc2ccccc2)C(=O)C2CCOC2)C1. The Hall–Kier alpha value is -2.47. The summed E-state index contributed by atoms with van der Waals surface area (Å²) < 4.78 is 12.5. The Morgan fingerprint density at radius 3 is 2.58 bits per heavy atom. The number of hydrogen-bond donors (Lipinski definition) is 3. The Morgan fingerprint density at radius 1 is 1.14 bits per heavy atom. The molecule has 0 bridgehead atoms. The van der Waals surface area contributed by atoms with Crippen molar-refractivity contribution in [3.8, 4) is 5.75 Å². The average Bonchev–Trinajstić information content (AvgIpc) is 3.44. The summed E-state index contributed by atoms with van der Waals surface area (Å²) in [6.45, 7) is 1.08. The van der Waals surface area contributed by atoms with Crippen LogP contribution in [-0.2, 0) is 20.9 Å². The van der Waals surface area contributed by atoms with Crippen LogP contribution in [0.5, 0.6) is 5.75 Å². The highest BCUT2D eigenvalue weighted by atomic mass is 127. The van der Waals surface area contributed by atoms with E-state index < -0.39 is 18.2 Å². The molecule has 1 aliphatic carbocycles. The van der Waals surface area contributed by atoms with Gasteiger partial charge in [0.25, 0.3) is 0 Å². The molecule has 4 atom stereocenters. The Bertz CT molecular complexity index is 1070. The van der Waals surface area contributed by atoms with Gasteiger partial charge in [0.2, 0.25) is 11.8 Å². The van der Waals surface area contributed by atoms with Crippen molar-refractivity contribution in [3.63, 3.8) is 0 Å². The minimum absolute atomic E-state index is 0.106. The molecule has 2 aliphatic rings. The zero-order valence-corrected chi connectivity index (χ0v) is 22.0. The molecule has 0 spiro atoms. The van der Waals surface area contributed by atoms with Crippen LogP contribution in [0.3, 0.4) is 0 Å². The number of para-hydroxylation sites is 1. The van der Waals surface area contributed by atoms with Gasteiger partial charge in [-0.2, -0.15) is 0 Å². The molecule has 4 rings (SSSR count). The van der Waals surface area contributed by atoms with Crippen LogP contribution in [0.4, 0.5) is 0 Å². The smallest absolute Gasteiger partial charge is 0.247 e. The normalized spacial score (nSPS) is 23.6. The monoisotopic (exact) mass is 606 g/mol. The van der Waals surface area contributed by atoms with Gasteiger partial charge in [-0.05, 0) is 52.8 Å². The summed E-state index contributed by atoms with van der Waals surface area (Å²) >= 11 is 2.16. The van der Waals surface area contributed by atoms with Gasteiger partial charge in [-0.15, -0.1) is 0 Å². The molecule has 3 N–H and O–H groups in total. The Balaban J connectivity index is 1.67. The second-order valence-electron chi connectivity index (χ2n) is 8.96. The molecule has 0 saturated carbocycles.